The third kappa shape index (κ3) is 6.28. The number of benzene rings is 1. The van der Waals surface area contributed by atoms with Gasteiger partial charge >= 0.3 is 0 Å². The normalized spacial score (nSPS) is 22.0. The summed E-state index contributed by atoms with van der Waals surface area (Å²) in [5.41, 5.74) is 2.48. The number of rotatable bonds is 4. The van der Waals surface area contributed by atoms with Gasteiger partial charge < -0.3 is 15.0 Å². The number of guanidine groups is 1. The predicted octanol–water partition coefficient (Wildman–Crippen LogP) is 1.72. The van der Waals surface area contributed by atoms with Crippen molar-refractivity contribution in [3.63, 3.8) is 0 Å². The summed E-state index contributed by atoms with van der Waals surface area (Å²) in [6.07, 6.45) is 0. The van der Waals surface area contributed by atoms with Crippen molar-refractivity contribution in [1.82, 2.24) is 15.1 Å². The van der Waals surface area contributed by atoms with Gasteiger partial charge in [-0.3, -0.25) is 9.89 Å². The number of aliphatic imine (C=N–C) groups is 1. The maximum Gasteiger partial charge on any atom is 0.193 e. The van der Waals surface area contributed by atoms with E-state index in [4.69, 9.17) is 4.74 Å². The van der Waals surface area contributed by atoms with E-state index >= 15 is 0 Å². The van der Waals surface area contributed by atoms with Crippen LogP contribution in [0.25, 0.3) is 0 Å². The molecule has 2 heterocycles. The zero-order valence-electron chi connectivity index (χ0n) is 17.6. The average molecular weight is 536 g/mol. The molecule has 2 aliphatic heterocycles. The molecule has 2 saturated heterocycles. The van der Waals surface area contributed by atoms with Gasteiger partial charge in [-0.1, -0.05) is 24.3 Å². The zero-order chi connectivity index (χ0) is 20.2. The Balaban J connectivity index is 0.00000300. The number of ether oxygens (including phenoxy) is 1. The lowest BCUT2D eigenvalue weighted by Crippen LogP contribution is -2.57. The first kappa shape index (κ1) is 24.4. The van der Waals surface area contributed by atoms with Crippen molar-refractivity contribution in [2.24, 2.45) is 4.99 Å². The molecule has 0 aliphatic carbocycles. The Morgan fingerprint density at radius 3 is 2.34 bits per heavy atom. The maximum absolute atomic E-state index is 12.2. The highest BCUT2D eigenvalue weighted by atomic mass is 127. The topological polar surface area (TPSA) is 74.2 Å². The maximum atomic E-state index is 12.2. The van der Waals surface area contributed by atoms with Gasteiger partial charge in [-0.2, -0.15) is 0 Å². The molecule has 0 radical (unpaired) electrons. The summed E-state index contributed by atoms with van der Waals surface area (Å²) in [6, 6.07) is 8.62. The molecule has 1 aromatic carbocycles. The molecule has 1 aromatic rings. The lowest BCUT2D eigenvalue weighted by Gasteiger charge is -2.39. The largest absolute Gasteiger partial charge is 0.379 e. The van der Waals surface area contributed by atoms with E-state index in [9.17, 15) is 8.42 Å². The second-order valence-corrected chi connectivity index (χ2v) is 10.8. The van der Waals surface area contributed by atoms with Gasteiger partial charge in [0.15, 0.2) is 15.8 Å². The number of nitrogens with zero attached hydrogens (tertiary/aromatic N) is 3. The second-order valence-electron chi connectivity index (χ2n) is 8.11. The SMILES string of the molecule is CN=C(NCc1ccc(CN2CCOCC2)cc1)N1CCS(=O)(=O)C(C)(C)C1.I. The molecule has 0 amide bonds. The van der Waals surface area contributed by atoms with Crippen LogP contribution in [0, 0.1) is 0 Å². The van der Waals surface area contributed by atoms with Crippen LogP contribution in [0.3, 0.4) is 0 Å². The highest BCUT2D eigenvalue weighted by molar-refractivity contribution is 14.0. The van der Waals surface area contributed by atoms with Crippen LogP contribution in [0.2, 0.25) is 0 Å². The number of hydrogen-bond donors (Lipinski definition) is 1. The van der Waals surface area contributed by atoms with E-state index in [2.05, 4.69) is 39.5 Å². The fraction of sp³-hybridized carbons (Fsp3) is 0.650. The fourth-order valence-corrected chi connectivity index (χ4v) is 4.98. The number of morpholine rings is 1. The molecular formula is C20H33IN4O3S. The van der Waals surface area contributed by atoms with E-state index in [-0.39, 0.29) is 29.7 Å². The van der Waals surface area contributed by atoms with Gasteiger partial charge in [-0.05, 0) is 25.0 Å². The molecule has 0 atom stereocenters. The van der Waals surface area contributed by atoms with Crippen LogP contribution in [-0.2, 0) is 27.7 Å². The smallest absolute Gasteiger partial charge is 0.193 e. The first-order valence-corrected chi connectivity index (χ1v) is 11.5. The Morgan fingerprint density at radius 1 is 1.14 bits per heavy atom. The van der Waals surface area contributed by atoms with Crippen LogP contribution in [0.4, 0.5) is 0 Å². The monoisotopic (exact) mass is 536 g/mol. The second kappa shape index (κ2) is 10.4. The molecular weight excluding hydrogens is 503 g/mol. The number of hydrogen-bond acceptors (Lipinski definition) is 5. The molecule has 29 heavy (non-hydrogen) atoms. The third-order valence-electron chi connectivity index (χ3n) is 5.54. The van der Waals surface area contributed by atoms with Gasteiger partial charge in [0.2, 0.25) is 0 Å². The number of halogens is 1. The number of nitrogens with one attached hydrogen (secondary N) is 1. The summed E-state index contributed by atoms with van der Waals surface area (Å²) >= 11 is 0. The molecule has 0 saturated carbocycles. The molecule has 9 heteroatoms. The minimum atomic E-state index is -3.06. The molecule has 0 unspecified atom stereocenters. The van der Waals surface area contributed by atoms with Crippen LogP contribution in [0.5, 0.6) is 0 Å². The molecule has 2 aliphatic rings. The predicted molar refractivity (Wildman–Crippen MR) is 128 cm³/mol. The summed E-state index contributed by atoms with van der Waals surface area (Å²) in [5.74, 6) is 0.914. The quantitative estimate of drug-likeness (QED) is 0.359. The van der Waals surface area contributed by atoms with Crippen molar-refractivity contribution in [1.29, 1.82) is 0 Å². The van der Waals surface area contributed by atoms with Gasteiger partial charge in [-0.15, -0.1) is 24.0 Å². The van der Waals surface area contributed by atoms with Crippen LogP contribution in [0.15, 0.2) is 29.3 Å². The van der Waals surface area contributed by atoms with Gasteiger partial charge in [-0.25, -0.2) is 8.42 Å². The Bertz CT molecular complexity index is 790. The van der Waals surface area contributed by atoms with Gasteiger partial charge in [0.25, 0.3) is 0 Å². The lowest BCUT2D eigenvalue weighted by atomic mass is 10.1. The molecule has 3 rings (SSSR count). The van der Waals surface area contributed by atoms with E-state index in [1.807, 2.05) is 4.90 Å². The Kier molecular flexibility index (Phi) is 8.74. The highest BCUT2D eigenvalue weighted by Gasteiger charge is 2.40. The van der Waals surface area contributed by atoms with Crippen molar-refractivity contribution < 1.29 is 13.2 Å². The minimum absolute atomic E-state index is 0. The molecule has 2 fully saturated rings. The van der Waals surface area contributed by atoms with Crippen LogP contribution in [0.1, 0.15) is 25.0 Å². The number of sulfone groups is 1. The Hall–Kier alpha value is -0.910. The third-order valence-corrected chi connectivity index (χ3v) is 8.07. The molecule has 7 nitrogen and oxygen atoms in total. The van der Waals surface area contributed by atoms with Crippen molar-refractivity contribution in [3.05, 3.63) is 35.4 Å². The van der Waals surface area contributed by atoms with E-state index in [1.54, 1.807) is 20.9 Å². The van der Waals surface area contributed by atoms with Crippen LogP contribution >= 0.6 is 24.0 Å². The minimum Gasteiger partial charge on any atom is -0.379 e. The van der Waals surface area contributed by atoms with E-state index < -0.39 is 14.6 Å². The van der Waals surface area contributed by atoms with E-state index in [0.717, 1.165) is 38.8 Å². The highest BCUT2D eigenvalue weighted by Crippen LogP contribution is 2.23. The van der Waals surface area contributed by atoms with Crippen molar-refractivity contribution in [2.45, 2.75) is 31.7 Å². The standard InChI is InChI=1S/C20H32N4O3S.HI/c1-20(2)16-24(10-13-28(20,25)26)19(21-3)22-14-17-4-6-18(7-5-17)15-23-8-11-27-12-9-23;/h4-7H,8-16H2,1-3H3,(H,21,22);1H. The van der Waals surface area contributed by atoms with E-state index in [0.29, 0.717) is 19.6 Å². The van der Waals surface area contributed by atoms with Crippen molar-refractivity contribution in [3.8, 4) is 0 Å². The van der Waals surface area contributed by atoms with Crippen molar-refractivity contribution >= 4 is 39.8 Å². The Morgan fingerprint density at radius 2 is 1.76 bits per heavy atom. The summed E-state index contributed by atoms with van der Waals surface area (Å²) in [6.45, 7) is 9.72. The molecule has 0 bridgehead atoms. The van der Waals surface area contributed by atoms with Gasteiger partial charge in [0, 0.05) is 46.3 Å². The summed E-state index contributed by atoms with van der Waals surface area (Å²) < 4.78 is 29.1. The summed E-state index contributed by atoms with van der Waals surface area (Å²) in [7, 11) is -1.32. The summed E-state index contributed by atoms with van der Waals surface area (Å²) in [5, 5.41) is 3.38. The summed E-state index contributed by atoms with van der Waals surface area (Å²) in [4.78, 5) is 8.80. The molecule has 0 aromatic heterocycles. The van der Waals surface area contributed by atoms with E-state index in [1.165, 1.54) is 11.1 Å². The molecule has 164 valence electrons. The molecule has 0 spiro atoms. The van der Waals surface area contributed by atoms with Crippen LogP contribution in [-0.4, -0.2) is 81.1 Å². The van der Waals surface area contributed by atoms with Gasteiger partial charge in [0.1, 0.15) is 0 Å². The zero-order valence-corrected chi connectivity index (χ0v) is 20.7. The molecule has 1 N–H and O–H groups in total. The lowest BCUT2D eigenvalue weighted by molar-refractivity contribution is 0.0342. The van der Waals surface area contributed by atoms with Crippen molar-refractivity contribution in [2.75, 3.05) is 52.2 Å². The van der Waals surface area contributed by atoms with Crippen LogP contribution < -0.4 is 5.32 Å². The Labute approximate surface area is 191 Å². The fourth-order valence-electron chi connectivity index (χ4n) is 3.62. The first-order chi connectivity index (χ1) is 13.3. The van der Waals surface area contributed by atoms with Gasteiger partial charge in [0.05, 0.1) is 23.7 Å². The average Bonchev–Trinajstić information content (AvgIpc) is 2.67. The first-order valence-electron chi connectivity index (χ1n) is 9.86.